The Morgan fingerprint density at radius 2 is 2.33 bits per heavy atom. The Labute approximate surface area is 56.6 Å². The first kappa shape index (κ1) is 5.35. The molecule has 0 N–H and O–H groups in total. The monoisotopic (exact) mass is 120 g/mol. The van der Waals surface area contributed by atoms with Gasteiger partial charge in [-0.25, -0.2) is 0 Å². The van der Waals surface area contributed by atoms with Gasteiger partial charge in [0, 0.05) is 12.3 Å². The van der Waals surface area contributed by atoms with Gasteiger partial charge in [-0.2, -0.15) is 0 Å². The van der Waals surface area contributed by atoms with Crippen molar-refractivity contribution in [3.8, 4) is 11.8 Å². The maximum Gasteiger partial charge on any atom is 0.0262 e. The number of hydrogen-bond donors (Lipinski definition) is 0. The van der Waals surface area contributed by atoms with Crippen LogP contribution in [0.2, 0.25) is 0 Å². The number of hydrogen-bond acceptors (Lipinski definition) is 0. The molecular weight excluding hydrogens is 108 g/mol. The van der Waals surface area contributed by atoms with E-state index in [1.165, 1.54) is 12.8 Å². The lowest BCUT2D eigenvalue weighted by Gasteiger charge is -1.89. The van der Waals surface area contributed by atoms with Gasteiger partial charge >= 0.3 is 0 Å². The van der Waals surface area contributed by atoms with Gasteiger partial charge in [-0.3, -0.25) is 0 Å². The smallest absolute Gasteiger partial charge is 0.0262 e. The minimum Gasteiger partial charge on any atom is -0.103 e. The highest BCUT2D eigenvalue weighted by Gasteiger charge is 2.45. The first-order valence-electron chi connectivity index (χ1n) is 3.88. The third kappa shape index (κ3) is 0.758. The van der Waals surface area contributed by atoms with Crippen molar-refractivity contribution < 1.29 is 0 Å². The predicted octanol–water partition coefficient (Wildman–Crippen LogP) is 2.06. The zero-order valence-corrected chi connectivity index (χ0v) is 5.85. The molecule has 0 spiro atoms. The summed E-state index contributed by atoms with van der Waals surface area (Å²) in [6.07, 6.45) is 3.92. The van der Waals surface area contributed by atoms with E-state index < -0.39 is 0 Å². The molecule has 0 radical (unpaired) electrons. The van der Waals surface area contributed by atoms with Gasteiger partial charge in [0.05, 0.1) is 0 Å². The Balaban J connectivity index is 2.10. The summed E-state index contributed by atoms with van der Waals surface area (Å²) < 4.78 is 0. The van der Waals surface area contributed by atoms with Gasteiger partial charge in [0.2, 0.25) is 0 Å². The second-order valence-electron chi connectivity index (χ2n) is 3.26. The molecule has 2 rings (SSSR count). The average molecular weight is 120 g/mol. The Hall–Kier alpha value is -0.440. The maximum absolute atomic E-state index is 3.32. The molecule has 9 heavy (non-hydrogen) atoms. The molecule has 0 amide bonds. The molecule has 0 bridgehead atoms. The van der Waals surface area contributed by atoms with Gasteiger partial charge in [0.25, 0.3) is 0 Å². The first-order chi connectivity index (χ1) is 4.39. The zero-order valence-electron chi connectivity index (χ0n) is 5.85. The highest BCUT2D eigenvalue weighted by molar-refractivity contribution is 5.17. The largest absolute Gasteiger partial charge is 0.103 e. The average Bonchev–Trinajstić information content (AvgIpc) is 2.51. The van der Waals surface area contributed by atoms with Gasteiger partial charge in [0.1, 0.15) is 0 Å². The quantitative estimate of drug-likeness (QED) is 0.429. The minimum atomic E-state index is 0.799. The van der Waals surface area contributed by atoms with Crippen LogP contribution >= 0.6 is 0 Å². The Morgan fingerprint density at radius 3 is 3.22 bits per heavy atom. The molecule has 0 saturated heterocycles. The summed E-state index contributed by atoms with van der Waals surface area (Å²) in [6.45, 7) is 2.33. The molecule has 0 aromatic rings. The van der Waals surface area contributed by atoms with E-state index in [4.69, 9.17) is 0 Å². The Morgan fingerprint density at radius 1 is 1.44 bits per heavy atom. The van der Waals surface area contributed by atoms with Crippen molar-refractivity contribution in [3.63, 3.8) is 0 Å². The third-order valence-corrected chi connectivity index (χ3v) is 2.67. The van der Waals surface area contributed by atoms with Crippen molar-refractivity contribution in [1.29, 1.82) is 0 Å². The summed E-state index contributed by atoms with van der Waals surface area (Å²) in [4.78, 5) is 0. The summed E-state index contributed by atoms with van der Waals surface area (Å²) in [5.74, 6) is 9.25. The molecule has 0 aromatic carbocycles. The molecular formula is C9H12. The first-order valence-corrected chi connectivity index (χ1v) is 3.88. The molecule has 3 unspecified atom stereocenters. The highest BCUT2D eigenvalue weighted by Crippen LogP contribution is 2.49. The summed E-state index contributed by atoms with van der Waals surface area (Å²) in [5, 5.41) is 0. The van der Waals surface area contributed by atoms with Crippen LogP contribution in [-0.2, 0) is 0 Å². The van der Waals surface area contributed by atoms with Crippen molar-refractivity contribution in [2.45, 2.75) is 26.2 Å². The van der Waals surface area contributed by atoms with Crippen molar-refractivity contribution >= 4 is 0 Å². The van der Waals surface area contributed by atoms with Crippen LogP contribution in [0, 0.1) is 29.6 Å². The molecule has 3 atom stereocenters. The van der Waals surface area contributed by atoms with E-state index in [1.807, 2.05) is 0 Å². The van der Waals surface area contributed by atoms with Crippen LogP contribution in [-0.4, -0.2) is 0 Å². The molecule has 1 saturated carbocycles. The molecule has 0 nitrogen and oxygen atoms in total. The summed E-state index contributed by atoms with van der Waals surface area (Å²) in [6, 6.07) is 0. The van der Waals surface area contributed by atoms with E-state index >= 15 is 0 Å². The Bertz CT molecular complexity index is 170. The summed E-state index contributed by atoms with van der Waals surface area (Å²) in [5.41, 5.74) is 0. The molecule has 0 aromatic heterocycles. The van der Waals surface area contributed by atoms with Crippen molar-refractivity contribution in [2.75, 3.05) is 0 Å². The van der Waals surface area contributed by atoms with E-state index in [2.05, 4.69) is 18.8 Å². The standard InChI is InChI=1S/C9H12/c1-7-8-5-3-2-4-6-9(7)8/h7-9H,2-3,5H2,1H3. The zero-order chi connectivity index (χ0) is 6.27. The molecule has 48 valence electrons. The SMILES string of the molecule is CC1C2C#CCCCC12. The molecule has 2 aliphatic rings. The van der Waals surface area contributed by atoms with E-state index in [0.717, 1.165) is 24.2 Å². The second-order valence-corrected chi connectivity index (χ2v) is 3.26. The topological polar surface area (TPSA) is 0 Å². The van der Waals surface area contributed by atoms with Crippen LogP contribution in [0.15, 0.2) is 0 Å². The minimum absolute atomic E-state index is 0.799. The van der Waals surface area contributed by atoms with Gasteiger partial charge in [-0.05, 0) is 24.7 Å². The fourth-order valence-electron chi connectivity index (χ4n) is 1.84. The van der Waals surface area contributed by atoms with E-state index in [-0.39, 0.29) is 0 Å². The van der Waals surface area contributed by atoms with E-state index in [9.17, 15) is 0 Å². The lowest BCUT2D eigenvalue weighted by Crippen LogP contribution is -1.77. The lowest BCUT2D eigenvalue weighted by atomic mass is 10.2. The van der Waals surface area contributed by atoms with Crippen LogP contribution < -0.4 is 0 Å². The van der Waals surface area contributed by atoms with Crippen molar-refractivity contribution in [2.24, 2.45) is 17.8 Å². The molecule has 1 fully saturated rings. The normalized spacial score (nSPS) is 46.1. The summed E-state index contributed by atoms with van der Waals surface area (Å²) in [7, 11) is 0. The second kappa shape index (κ2) is 1.77. The molecule has 0 aliphatic heterocycles. The summed E-state index contributed by atoms with van der Waals surface area (Å²) >= 11 is 0. The maximum atomic E-state index is 3.32. The van der Waals surface area contributed by atoms with Crippen LogP contribution in [0.3, 0.4) is 0 Å². The van der Waals surface area contributed by atoms with Crippen LogP contribution in [0.1, 0.15) is 26.2 Å². The molecule has 0 heteroatoms. The van der Waals surface area contributed by atoms with Gasteiger partial charge in [-0.15, -0.1) is 5.92 Å². The lowest BCUT2D eigenvalue weighted by molar-refractivity contribution is 0.638. The van der Waals surface area contributed by atoms with Gasteiger partial charge in [0.15, 0.2) is 0 Å². The molecule has 0 heterocycles. The van der Waals surface area contributed by atoms with Crippen molar-refractivity contribution in [1.82, 2.24) is 0 Å². The predicted molar refractivity (Wildman–Crippen MR) is 37.8 cm³/mol. The number of fused-ring (bicyclic) bond motifs is 1. The fourth-order valence-corrected chi connectivity index (χ4v) is 1.84. The highest BCUT2D eigenvalue weighted by atomic mass is 14.5. The number of rotatable bonds is 0. The van der Waals surface area contributed by atoms with Gasteiger partial charge in [-0.1, -0.05) is 12.8 Å². The molecule has 2 aliphatic carbocycles. The Kier molecular flexibility index (Phi) is 1.05. The van der Waals surface area contributed by atoms with Crippen LogP contribution in [0.25, 0.3) is 0 Å². The van der Waals surface area contributed by atoms with E-state index in [1.54, 1.807) is 0 Å². The van der Waals surface area contributed by atoms with Crippen molar-refractivity contribution in [3.05, 3.63) is 0 Å². The fraction of sp³-hybridized carbons (Fsp3) is 0.778. The van der Waals surface area contributed by atoms with Gasteiger partial charge < -0.3 is 0 Å². The van der Waals surface area contributed by atoms with Crippen LogP contribution in [0.5, 0.6) is 0 Å². The van der Waals surface area contributed by atoms with Crippen LogP contribution in [0.4, 0.5) is 0 Å². The van der Waals surface area contributed by atoms with E-state index in [0.29, 0.717) is 0 Å². The third-order valence-electron chi connectivity index (χ3n) is 2.67.